The molecule has 76 valence electrons. The molecule has 5 heteroatoms. The Bertz CT molecular complexity index is 606. The first kappa shape index (κ1) is 10.3. The number of nitrogens with one attached hydrogen (secondary N) is 1. The van der Waals surface area contributed by atoms with Crippen LogP contribution in [-0.2, 0) is 0 Å². The van der Waals surface area contributed by atoms with Crippen LogP contribution in [-0.4, -0.2) is 16.1 Å². The molecule has 1 aromatic carbocycles. The summed E-state index contributed by atoms with van der Waals surface area (Å²) in [5, 5.41) is 9.69. The van der Waals surface area contributed by atoms with Crippen LogP contribution in [0.5, 0.6) is 0 Å². The number of hydrogen-bond donors (Lipinski definition) is 2. The summed E-state index contributed by atoms with van der Waals surface area (Å²) in [4.78, 5) is 13.6. The highest BCUT2D eigenvalue weighted by molar-refractivity contribution is 9.10. The average molecular weight is 284 g/mol. The van der Waals surface area contributed by atoms with Gasteiger partial charge in [-0.25, -0.2) is 4.79 Å². The highest BCUT2D eigenvalue weighted by atomic mass is 79.9. The Morgan fingerprint density at radius 1 is 1.40 bits per heavy atom. The topological polar surface area (TPSA) is 53.1 Å². The van der Waals surface area contributed by atoms with Crippen LogP contribution in [0, 0.1) is 4.51 Å². The summed E-state index contributed by atoms with van der Waals surface area (Å²) < 4.78 is 1.41. The van der Waals surface area contributed by atoms with Crippen LogP contribution < -0.4 is 0 Å². The number of aromatic nitrogens is 1. The fourth-order valence-electron chi connectivity index (χ4n) is 1.34. The van der Waals surface area contributed by atoms with Crippen LogP contribution in [0.2, 0.25) is 0 Å². The largest absolute Gasteiger partial charge is 0.477 e. The quantitative estimate of drug-likeness (QED) is 0.789. The maximum absolute atomic E-state index is 10.8. The number of carboxylic acids is 1. The predicted octanol–water partition coefficient (Wildman–Crippen LogP) is 3.36. The van der Waals surface area contributed by atoms with Crippen molar-refractivity contribution in [2.45, 2.75) is 0 Å². The van der Waals surface area contributed by atoms with Gasteiger partial charge in [-0.05, 0) is 18.2 Å². The van der Waals surface area contributed by atoms with Gasteiger partial charge in [-0.2, -0.15) is 0 Å². The molecule has 2 rings (SSSR count). The first-order chi connectivity index (χ1) is 7.08. The Morgan fingerprint density at radius 3 is 2.80 bits per heavy atom. The van der Waals surface area contributed by atoms with Crippen molar-refractivity contribution in [3.8, 4) is 0 Å². The molecular formula is C10H6BrNO2S. The number of aromatic carboxylic acids is 1. The number of pyridine rings is 1. The molecule has 0 saturated carbocycles. The number of H-pyrrole nitrogens is 1. The smallest absolute Gasteiger partial charge is 0.352 e. The predicted molar refractivity (Wildman–Crippen MR) is 63.8 cm³/mol. The minimum absolute atomic E-state index is 0.102. The van der Waals surface area contributed by atoms with Gasteiger partial charge in [0.1, 0.15) is 5.69 Å². The van der Waals surface area contributed by atoms with E-state index in [-0.39, 0.29) is 5.69 Å². The van der Waals surface area contributed by atoms with E-state index in [1.54, 1.807) is 6.07 Å². The zero-order valence-corrected chi connectivity index (χ0v) is 9.85. The summed E-state index contributed by atoms with van der Waals surface area (Å²) in [5.74, 6) is -1.01. The molecule has 1 heterocycles. The summed E-state index contributed by atoms with van der Waals surface area (Å²) in [7, 11) is 0. The Kier molecular flexibility index (Phi) is 2.58. The highest BCUT2D eigenvalue weighted by Crippen LogP contribution is 2.19. The van der Waals surface area contributed by atoms with Crippen molar-refractivity contribution in [1.29, 1.82) is 0 Å². The number of fused-ring (bicyclic) bond motifs is 1. The van der Waals surface area contributed by atoms with Gasteiger partial charge in [-0.1, -0.05) is 34.2 Å². The molecule has 0 amide bonds. The number of aromatic amines is 1. The van der Waals surface area contributed by atoms with Gasteiger partial charge in [0.2, 0.25) is 0 Å². The van der Waals surface area contributed by atoms with Crippen LogP contribution in [0.15, 0.2) is 28.7 Å². The number of hydrogen-bond acceptors (Lipinski definition) is 2. The van der Waals surface area contributed by atoms with Crippen LogP contribution in [0.3, 0.4) is 0 Å². The molecule has 0 aliphatic heterocycles. The Labute approximate surface area is 98.9 Å². The second kappa shape index (κ2) is 3.75. The summed E-state index contributed by atoms with van der Waals surface area (Å²) in [6, 6.07) is 6.97. The summed E-state index contributed by atoms with van der Waals surface area (Å²) >= 11 is 8.42. The Balaban J connectivity index is 2.85. The first-order valence-electron chi connectivity index (χ1n) is 4.14. The average Bonchev–Trinajstić information content (AvgIpc) is 2.16. The van der Waals surface area contributed by atoms with Crippen LogP contribution in [0.25, 0.3) is 10.9 Å². The van der Waals surface area contributed by atoms with Gasteiger partial charge in [0, 0.05) is 19.9 Å². The molecule has 0 unspecified atom stereocenters. The highest BCUT2D eigenvalue weighted by Gasteiger charge is 2.05. The number of halogens is 1. The number of rotatable bonds is 1. The van der Waals surface area contributed by atoms with E-state index >= 15 is 0 Å². The van der Waals surface area contributed by atoms with Gasteiger partial charge < -0.3 is 10.1 Å². The zero-order valence-electron chi connectivity index (χ0n) is 7.45. The minimum Gasteiger partial charge on any atom is -0.477 e. The van der Waals surface area contributed by atoms with Crippen molar-refractivity contribution >= 4 is 45.0 Å². The molecule has 0 aliphatic carbocycles. The van der Waals surface area contributed by atoms with Crippen LogP contribution >= 0.6 is 28.1 Å². The first-order valence-corrected chi connectivity index (χ1v) is 5.34. The number of carbonyl (C=O) groups is 1. The molecule has 0 saturated heterocycles. The molecule has 0 bridgehead atoms. The SMILES string of the molecule is O=C(O)c1cc(=S)c2ccc(Br)cc2[nH]1. The normalized spacial score (nSPS) is 10.5. The van der Waals surface area contributed by atoms with Crippen molar-refractivity contribution in [3.05, 3.63) is 38.9 Å². The molecule has 0 aliphatic rings. The molecule has 0 radical (unpaired) electrons. The molecule has 0 fully saturated rings. The molecule has 3 nitrogen and oxygen atoms in total. The molecule has 1 aromatic heterocycles. The lowest BCUT2D eigenvalue weighted by atomic mass is 10.2. The maximum atomic E-state index is 10.8. The third kappa shape index (κ3) is 1.93. The van der Waals surface area contributed by atoms with Crippen molar-refractivity contribution in [2.75, 3.05) is 0 Å². The maximum Gasteiger partial charge on any atom is 0.352 e. The second-order valence-corrected chi connectivity index (χ2v) is 4.40. The third-order valence-corrected chi connectivity index (χ3v) is 2.85. The Morgan fingerprint density at radius 2 is 2.13 bits per heavy atom. The number of carboxylic acid groups (broad SMARTS) is 1. The summed E-state index contributed by atoms with van der Waals surface area (Å²) in [6.07, 6.45) is 0. The lowest BCUT2D eigenvalue weighted by Gasteiger charge is -2.01. The van der Waals surface area contributed by atoms with Crippen molar-refractivity contribution in [1.82, 2.24) is 4.98 Å². The van der Waals surface area contributed by atoms with E-state index in [0.29, 0.717) is 10.0 Å². The number of benzene rings is 1. The molecule has 0 spiro atoms. The lowest BCUT2D eigenvalue weighted by molar-refractivity contribution is 0.0691. The third-order valence-electron chi connectivity index (χ3n) is 2.02. The fourth-order valence-corrected chi connectivity index (χ4v) is 2.00. The van der Waals surface area contributed by atoms with E-state index in [9.17, 15) is 4.79 Å². The van der Waals surface area contributed by atoms with Gasteiger partial charge in [-0.15, -0.1) is 0 Å². The van der Waals surface area contributed by atoms with Gasteiger partial charge >= 0.3 is 5.97 Å². The fraction of sp³-hybridized carbons (Fsp3) is 0. The van der Waals surface area contributed by atoms with Gasteiger partial charge in [-0.3, -0.25) is 0 Å². The van der Waals surface area contributed by atoms with E-state index in [1.807, 2.05) is 12.1 Å². The summed E-state index contributed by atoms with van der Waals surface area (Å²) in [5.41, 5.74) is 0.819. The molecule has 15 heavy (non-hydrogen) atoms. The van der Waals surface area contributed by atoms with E-state index in [4.69, 9.17) is 17.3 Å². The van der Waals surface area contributed by atoms with E-state index < -0.39 is 5.97 Å². The van der Waals surface area contributed by atoms with Crippen molar-refractivity contribution in [2.24, 2.45) is 0 Å². The standard InChI is InChI=1S/C10H6BrNO2S/c11-5-1-2-6-7(3-5)12-8(10(13)14)4-9(6)15/h1-4H,(H,12,15)(H,13,14). The van der Waals surface area contributed by atoms with Crippen LogP contribution in [0.1, 0.15) is 10.5 Å². The molecule has 2 aromatic rings. The van der Waals surface area contributed by atoms with Crippen molar-refractivity contribution < 1.29 is 9.90 Å². The zero-order chi connectivity index (χ0) is 11.0. The van der Waals surface area contributed by atoms with Crippen LogP contribution in [0.4, 0.5) is 0 Å². The Hall–Kier alpha value is -1.20. The van der Waals surface area contributed by atoms with E-state index in [1.165, 1.54) is 6.07 Å². The van der Waals surface area contributed by atoms with E-state index in [2.05, 4.69) is 20.9 Å². The monoisotopic (exact) mass is 283 g/mol. The van der Waals surface area contributed by atoms with Crippen molar-refractivity contribution in [3.63, 3.8) is 0 Å². The van der Waals surface area contributed by atoms with E-state index in [0.717, 1.165) is 9.86 Å². The molecule has 2 N–H and O–H groups in total. The molecule has 0 atom stereocenters. The minimum atomic E-state index is -1.01. The second-order valence-electron chi connectivity index (χ2n) is 3.04. The molecular weight excluding hydrogens is 278 g/mol. The van der Waals surface area contributed by atoms with Gasteiger partial charge in [0.25, 0.3) is 0 Å². The summed E-state index contributed by atoms with van der Waals surface area (Å²) in [6.45, 7) is 0. The van der Waals surface area contributed by atoms with Gasteiger partial charge in [0.15, 0.2) is 0 Å². The van der Waals surface area contributed by atoms with Gasteiger partial charge in [0.05, 0.1) is 0 Å². The lowest BCUT2D eigenvalue weighted by Crippen LogP contribution is -2.00.